The van der Waals surface area contributed by atoms with Crippen LogP contribution in [0.25, 0.3) is 0 Å². The molecule has 1 aromatic carbocycles. The number of fused-ring (bicyclic) bond motifs is 1. The van der Waals surface area contributed by atoms with Gasteiger partial charge in [-0.15, -0.1) is 11.3 Å². The average Bonchev–Trinajstić information content (AvgIpc) is 3.15. The van der Waals surface area contributed by atoms with Crippen LogP contribution in [0.1, 0.15) is 77.6 Å². The minimum atomic E-state index is -0.166. The van der Waals surface area contributed by atoms with Crippen LogP contribution in [0.5, 0.6) is 0 Å². The summed E-state index contributed by atoms with van der Waals surface area (Å²) < 4.78 is 0. The van der Waals surface area contributed by atoms with Gasteiger partial charge in [0.1, 0.15) is 5.00 Å². The van der Waals surface area contributed by atoms with Gasteiger partial charge in [0.05, 0.1) is 5.56 Å². The maximum absolute atomic E-state index is 13.3. The molecular weight excluding hydrogens is 406 g/mol. The lowest BCUT2D eigenvalue weighted by atomic mass is 9.95. The van der Waals surface area contributed by atoms with E-state index in [4.69, 9.17) is 0 Å². The number of carbonyl (C=O) groups is 2. The van der Waals surface area contributed by atoms with E-state index in [1.54, 1.807) is 23.5 Å². The maximum Gasteiger partial charge on any atom is 0.256 e. The number of thiophene rings is 1. The molecule has 2 N–H and O–H groups in total. The number of hydrogen-bond acceptors (Lipinski definition) is 4. The van der Waals surface area contributed by atoms with Gasteiger partial charge in [0.15, 0.2) is 0 Å². The van der Waals surface area contributed by atoms with Crippen molar-refractivity contribution in [3.05, 3.63) is 51.9 Å². The van der Waals surface area contributed by atoms with E-state index in [1.807, 2.05) is 18.2 Å². The van der Waals surface area contributed by atoms with Crippen molar-refractivity contribution in [3.8, 4) is 0 Å². The lowest BCUT2D eigenvalue weighted by Crippen LogP contribution is -2.34. The molecule has 1 aliphatic rings. The Labute approximate surface area is 190 Å². The molecule has 2 aromatic rings. The Bertz CT molecular complexity index is 874. The third-order valence-electron chi connectivity index (χ3n) is 6.04. The van der Waals surface area contributed by atoms with Crippen LogP contribution < -0.4 is 10.6 Å². The van der Waals surface area contributed by atoms with Crippen molar-refractivity contribution in [1.82, 2.24) is 10.2 Å². The van der Waals surface area contributed by atoms with Gasteiger partial charge in [-0.2, -0.15) is 0 Å². The molecule has 0 saturated heterocycles. The minimum absolute atomic E-state index is 0.0573. The molecule has 1 heterocycles. The van der Waals surface area contributed by atoms with E-state index in [9.17, 15) is 9.59 Å². The second kappa shape index (κ2) is 11.4. The van der Waals surface area contributed by atoms with Crippen molar-refractivity contribution >= 4 is 28.2 Å². The van der Waals surface area contributed by atoms with Crippen molar-refractivity contribution in [2.24, 2.45) is 0 Å². The lowest BCUT2D eigenvalue weighted by Gasteiger charge is -2.20. The fourth-order valence-electron chi connectivity index (χ4n) is 4.19. The van der Waals surface area contributed by atoms with Crippen molar-refractivity contribution in [1.29, 1.82) is 0 Å². The lowest BCUT2D eigenvalue weighted by molar-refractivity contribution is 0.0937. The zero-order valence-corrected chi connectivity index (χ0v) is 19.8. The number of benzene rings is 1. The van der Waals surface area contributed by atoms with Gasteiger partial charge in [-0.1, -0.05) is 32.0 Å². The number of anilines is 1. The van der Waals surface area contributed by atoms with E-state index in [1.165, 1.54) is 4.88 Å². The molecule has 5 nitrogen and oxygen atoms in total. The number of rotatable bonds is 10. The van der Waals surface area contributed by atoms with Crippen molar-refractivity contribution in [3.63, 3.8) is 0 Å². The molecule has 31 heavy (non-hydrogen) atoms. The number of carbonyl (C=O) groups excluding carboxylic acids is 2. The van der Waals surface area contributed by atoms with Crippen LogP contribution in [0, 0.1) is 0 Å². The average molecular weight is 442 g/mol. The van der Waals surface area contributed by atoms with Gasteiger partial charge in [-0.3, -0.25) is 9.59 Å². The van der Waals surface area contributed by atoms with Crippen molar-refractivity contribution < 1.29 is 9.59 Å². The first-order chi connectivity index (χ1) is 15.0. The van der Waals surface area contributed by atoms with Crippen LogP contribution in [0.15, 0.2) is 30.3 Å². The molecule has 1 atom stereocenters. The number of amides is 2. The minimum Gasteiger partial charge on any atom is -0.349 e. The van der Waals surface area contributed by atoms with Gasteiger partial charge < -0.3 is 15.5 Å². The summed E-state index contributed by atoms with van der Waals surface area (Å²) in [4.78, 5) is 29.7. The van der Waals surface area contributed by atoms with Gasteiger partial charge in [-0.25, -0.2) is 0 Å². The van der Waals surface area contributed by atoms with Crippen LogP contribution in [-0.2, 0) is 12.8 Å². The van der Waals surface area contributed by atoms with E-state index < -0.39 is 0 Å². The molecule has 0 radical (unpaired) electrons. The molecule has 168 valence electrons. The first kappa shape index (κ1) is 23.5. The van der Waals surface area contributed by atoms with Gasteiger partial charge >= 0.3 is 0 Å². The quantitative estimate of drug-likeness (QED) is 0.538. The molecule has 2 amide bonds. The van der Waals surface area contributed by atoms with E-state index in [0.29, 0.717) is 16.1 Å². The third kappa shape index (κ3) is 6.17. The van der Waals surface area contributed by atoms with Crippen LogP contribution in [0.4, 0.5) is 5.00 Å². The van der Waals surface area contributed by atoms with E-state index in [2.05, 4.69) is 36.3 Å². The van der Waals surface area contributed by atoms with E-state index in [-0.39, 0.29) is 17.9 Å². The van der Waals surface area contributed by atoms with E-state index >= 15 is 0 Å². The Morgan fingerprint density at radius 2 is 1.77 bits per heavy atom. The molecule has 0 spiro atoms. The molecule has 0 unspecified atom stereocenters. The van der Waals surface area contributed by atoms with Crippen LogP contribution in [0.2, 0.25) is 0 Å². The summed E-state index contributed by atoms with van der Waals surface area (Å²) >= 11 is 1.57. The fourth-order valence-corrected chi connectivity index (χ4v) is 5.47. The van der Waals surface area contributed by atoms with Gasteiger partial charge in [0.25, 0.3) is 11.8 Å². The van der Waals surface area contributed by atoms with Crippen molar-refractivity contribution in [2.45, 2.75) is 65.3 Å². The van der Waals surface area contributed by atoms with Crippen LogP contribution >= 0.6 is 11.3 Å². The number of aryl methyl sites for hydroxylation is 1. The van der Waals surface area contributed by atoms with Gasteiger partial charge in [-0.05, 0) is 82.8 Å². The second-order valence-corrected chi connectivity index (χ2v) is 9.38. The number of nitrogens with one attached hydrogen (secondary N) is 2. The van der Waals surface area contributed by atoms with Crippen LogP contribution in [0.3, 0.4) is 0 Å². The molecule has 0 bridgehead atoms. The smallest absolute Gasteiger partial charge is 0.256 e. The predicted octanol–water partition coefficient (Wildman–Crippen LogP) is 5.12. The fraction of sp³-hybridized carbons (Fsp3) is 0.520. The normalized spacial score (nSPS) is 14.2. The highest BCUT2D eigenvalue weighted by molar-refractivity contribution is 7.17. The molecule has 3 rings (SSSR count). The predicted molar refractivity (Wildman–Crippen MR) is 129 cm³/mol. The summed E-state index contributed by atoms with van der Waals surface area (Å²) in [5, 5.41) is 6.91. The SMILES string of the molecule is CCN(CC)CCC[C@H](C)NC(=O)c1c(NC(=O)c2ccccc2)sc2c1CCCC2. The molecule has 0 saturated carbocycles. The largest absolute Gasteiger partial charge is 0.349 e. The topological polar surface area (TPSA) is 61.4 Å². The Kier molecular flexibility index (Phi) is 8.67. The summed E-state index contributed by atoms with van der Waals surface area (Å²) in [5.74, 6) is -0.224. The summed E-state index contributed by atoms with van der Waals surface area (Å²) in [6, 6.07) is 9.27. The highest BCUT2D eigenvalue weighted by Gasteiger charge is 2.27. The zero-order chi connectivity index (χ0) is 22.2. The standard InChI is InChI=1S/C25H35N3O2S/c1-4-28(5-2)17-11-12-18(3)26-24(30)22-20-15-9-10-16-21(20)31-25(22)27-23(29)19-13-7-6-8-14-19/h6-8,13-14,18H,4-5,9-12,15-17H2,1-3H3,(H,26,30)(H,27,29)/t18-/m0/s1. The zero-order valence-electron chi connectivity index (χ0n) is 19.0. The van der Waals surface area contributed by atoms with Crippen molar-refractivity contribution in [2.75, 3.05) is 25.0 Å². The highest BCUT2D eigenvalue weighted by atomic mass is 32.1. The van der Waals surface area contributed by atoms with Gasteiger partial charge in [0.2, 0.25) is 0 Å². The van der Waals surface area contributed by atoms with Gasteiger partial charge in [0, 0.05) is 16.5 Å². The van der Waals surface area contributed by atoms with E-state index in [0.717, 1.165) is 63.7 Å². The summed E-state index contributed by atoms with van der Waals surface area (Å²) in [5.41, 5.74) is 2.41. The first-order valence-electron chi connectivity index (χ1n) is 11.6. The Hall–Kier alpha value is -2.18. The molecular formula is C25H35N3O2S. The Morgan fingerprint density at radius 1 is 1.06 bits per heavy atom. The third-order valence-corrected chi connectivity index (χ3v) is 7.25. The van der Waals surface area contributed by atoms with Crippen LogP contribution in [-0.4, -0.2) is 42.4 Å². The molecule has 1 aliphatic carbocycles. The summed E-state index contributed by atoms with van der Waals surface area (Å²) in [6.07, 6.45) is 6.13. The molecule has 0 aliphatic heterocycles. The Morgan fingerprint density at radius 3 is 2.48 bits per heavy atom. The number of nitrogens with zero attached hydrogens (tertiary/aromatic N) is 1. The summed E-state index contributed by atoms with van der Waals surface area (Å²) in [7, 11) is 0. The highest BCUT2D eigenvalue weighted by Crippen LogP contribution is 2.38. The molecule has 6 heteroatoms. The molecule has 1 aromatic heterocycles. The number of hydrogen-bond donors (Lipinski definition) is 2. The summed E-state index contributed by atoms with van der Waals surface area (Å²) in [6.45, 7) is 9.60. The molecule has 0 fully saturated rings. The Balaban J connectivity index is 1.70. The first-order valence-corrected chi connectivity index (χ1v) is 12.4. The monoisotopic (exact) mass is 441 g/mol. The second-order valence-electron chi connectivity index (χ2n) is 8.28. The maximum atomic E-state index is 13.3.